The van der Waals surface area contributed by atoms with Gasteiger partial charge in [-0.15, -0.1) is 0 Å². The summed E-state index contributed by atoms with van der Waals surface area (Å²) in [5, 5.41) is 0. The molecule has 0 aromatic carbocycles. The Kier molecular flexibility index (Phi) is 31.4. The van der Waals surface area contributed by atoms with Gasteiger partial charge in [0.25, 0.3) is 0 Å². The Morgan fingerprint density at radius 2 is 0.836 bits per heavy atom. The van der Waals surface area contributed by atoms with Gasteiger partial charge in [0, 0.05) is 48.7 Å². The van der Waals surface area contributed by atoms with Crippen molar-refractivity contribution >= 4 is 0 Å². The summed E-state index contributed by atoms with van der Waals surface area (Å²) in [5.41, 5.74) is 13.4. The molecule has 0 amide bonds. The standard InChI is InChI=1S/C13H28N2.C12H23F2N.C12H25N.C11H23N.C10H22N2/c1-11(2)10-13(14)6-5-8-15(9-7-13)12(3)4;1-10(2)15-7-4-5-12(3,6-8-15)9-11(13)14;1-5-12(4)7-6-9-13(10-8-12)11(2)3;1-10(2)12-8-5-6-11(3,4)7-9-12;1-9(2)12-6-3-4-10(8-11)5-7-12/h11-12H,5-10,14H2,1-4H3;10-11H,4-9H2,1-3H3;11H,5-10H2,1-4H3;10H,5-9H2,1-4H3;9-10H,3-8,11H2,1-2H3/t;12-;;;/m.0.../s1. The number of nitrogens with two attached hydrogens (primary N) is 2. The van der Waals surface area contributed by atoms with Crippen LogP contribution >= 0.6 is 0 Å². The lowest BCUT2D eigenvalue weighted by Crippen LogP contribution is -2.42. The van der Waals surface area contributed by atoms with Gasteiger partial charge >= 0.3 is 0 Å². The second-order valence-corrected chi connectivity index (χ2v) is 25.8. The van der Waals surface area contributed by atoms with Crippen LogP contribution in [0, 0.1) is 28.1 Å². The van der Waals surface area contributed by atoms with Crippen molar-refractivity contribution in [1.82, 2.24) is 24.5 Å². The minimum absolute atomic E-state index is 0.0684. The smallest absolute Gasteiger partial charge is 0.239 e. The molecular weight excluding hydrogens is 833 g/mol. The van der Waals surface area contributed by atoms with E-state index >= 15 is 0 Å². The summed E-state index contributed by atoms with van der Waals surface area (Å²) in [6.45, 7) is 52.0. The molecule has 7 nitrogen and oxygen atoms in total. The maximum atomic E-state index is 12.4. The fraction of sp³-hybridized carbons (Fsp3) is 1.00. The summed E-state index contributed by atoms with van der Waals surface area (Å²) in [6, 6.07) is 3.39. The van der Waals surface area contributed by atoms with Crippen LogP contribution in [0.3, 0.4) is 0 Å². The van der Waals surface area contributed by atoms with Crippen molar-refractivity contribution < 1.29 is 8.78 Å². The Bertz CT molecular complexity index is 1190. The summed E-state index contributed by atoms with van der Waals surface area (Å²) < 4.78 is 24.9. The van der Waals surface area contributed by atoms with Crippen LogP contribution in [0.25, 0.3) is 0 Å². The number of alkyl halides is 2. The predicted molar refractivity (Wildman–Crippen MR) is 293 cm³/mol. The van der Waals surface area contributed by atoms with Crippen LogP contribution in [-0.4, -0.2) is 139 Å². The zero-order valence-corrected chi connectivity index (χ0v) is 48.3. The highest BCUT2D eigenvalue weighted by molar-refractivity contribution is 4.90. The minimum atomic E-state index is -2.15. The monoisotopic (exact) mass is 954 g/mol. The largest absolute Gasteiger partial charge is 0.330 e. The average Bonchev–Trinajstić information content (AvgIpc) is 3.81. The molecule has 4 N–H and O–H groups in total. The second-order valence-electron chi connectivity index (χ2n) is 25.8. The van der Waals surface area contributed by atoms with E-state index in [2.05, 4.69) is 135 Å². The number of hydrogen-bond acceptors (Lipinski definition) is 7. The number of rotatable bonds is 11. The van der Waals surface area contributed by atoms with Gasteiger partial charge in [-0.05, 0) is 265 Å². The van der Waals surface area contributed by atoms with Crippen molar-refractivity contribution in [2.24, 2.45) is 39.5 Å². The van der Waals surface area contributed by atoms with Crippen molar-refractivity contribution in [3.05, 3.63) is 0 Å². The normalized spacial score (nSPS) is 29.1. The SMILES string of the molecule is CC(C)CC1(N)CCCN(C(C)C)CC1.CC(C)N1CCCC(C)(C)CC1.CC(C)N1CCCC(CN)CC1.CC(C)N1CCC[C@](C)(CC(F)F)CC1.CCC1(C)CCCN(C(C)C)CC1. The van der Waals surface area contributed by atoms with E-state index in [1.165, 1.54) is 142 Å². The van der Waals surface area contributed by atoms with Crippen LogP contribution in [-0.2, 0) is 0 Å². The Morgan fingerprint density at radius 1 is 0.448 bits per heavy atom. The van der Waals surface area contributed by atoms with Gasteiger partial charge < -0.3 is 36.0 Å². The van der Waals surface area contributed by atoms with E-state index in [1.54, 1.807) is 0 Å². The molecule has 0 aromatic rings. The maximum Gasteiger partial charge on any atom is 0.239 e. The lowest BCUT2D eigenvalue weighted by Gasteiger charge is -2.30. The molecule has 5 aliphatic heterocycles. The van der Waals surface area contributed by atoms with Gasteiger partial charge in [0.05, 0.1) is 0 Å². The van der Waals surface area contributed by atoms with Gasteiger partial charge in [0.2, 0.25) is 6.43 Å². The third kappa shape index (κ3) is 27.8. The number of nitrogens with zero attached hydrogens (tertiary/aromatic N) is 5. The molecule has 5 saturated heterocycles. The Hall–Kier alpha value is -0.420. The quantitative estimate of drug-likeness (QED) is 0.214. The molecule has 5 fully saturated rings. The molecule has 5 rings (SSSR count). The third-order valence-electron chi connectivity index (χ3n) is 17.0. The molecular formula is C58H121F2N7. The van der Waals surface area contributed by atoms with Crippen LogP contribution in [0.5, 0.6) is 0 Å². The van der Waals surface area contributed by atoms with Gasteiger partial charge in [-0.25, -0.2) is 8.78 Å². The molecule has 0 aromatic heterocycles. The predicted octanol–water partition coefficient (Wildman–Crippen LogP) is 13.8. The fourth-order valence-corrected chi connectivity index (χ4v) is 11.4. The molecule has 0 bridgehead atoms. The molecule has 0 radical (unpaired) electrons. The first-order valence-electron chi connectivity index (χ1n) is 28.7. The molecule has 67 heavy (non-hydrogen) atoms. The van der Waals surface area contributed by atoms with E-state index in [0.717, 1.165) is 62.8 Å². The topological polar surface area (TPSA) is 68.2 Å². The van der Waals surface area contributed by atoms with E-state index in [0.29, 0.717) is 29.0 Å². The number of halogens is 2. The Labute approximate surface area is 418 Å². The minimum Gasteiger partial charge on any atom is -0.330 e. The molecule has 0 saturated carbocycles. The van der Waals surface area contributed by atoms with E-state index in [-0.39, 0.29) is 17.4 Å². The van der Waals surface area contributed by atoms with E-state index in [4.69, 9.17) is 11.5 Å². The lowest BCUT2D eigenvalue weighted by molar-refractivity contribution is 0.0710. The van der Waals surface area contributed by atoms with Gasteiger partial charge in [-0.1, -0.05) is 54.9 Å². The molecule has 5 aliphatic rings. The maximum absolute atomic E-state index is 12.4. The van der Waals surface area contributed by atoms with Gasteiger partial charge in [0.15, 0.2) is 0 Å². The first-order valence-corrected chi connectivity index (χ1v) is 28.7. The summed E-state index contributed by atoms with van der Waals surface area (Å²) in [5.74, 6) is 1.51. The van der Waals surface area contributed by atoms with E-state index in [9.17, 15) is 8.78 Å². The highest BCUT2D eigenvalue weighted by Gasteiger charge is 2.32. The highest BCUT2D eigenvalue weighted by atomic mass is 19.3. The van der Waals surface area contributed by atoms with Crippen molar-refractivity contribution in [3.63, 3.8) is 0 Å². The molecule has 9 heteroatoms. The van der Waals surface area contributed by atoms with Crippen molar-refractivity contribution in [2.45, 2.75) is 275 Å². The summed E-state index contributed by atoms with van der Waals surface area (Å²) in [6.07, 6.45) is 19.3. The lowest BCUT2D eigenvalue weighted by atomic mass is 9.80. The zero-order valence-electron chi connectivity index (χ0n) is 48.3. The molecule has 402 valence electrons. The van der Waals surface area contributed by atoms with Gasteiger partial charge in [-0.2, -0.15) is 0 Å². The summed E-state index contributed by atoms with van der Waals surface area (Å²) in [7, 11) is 0. The van der Waals surface area contributed by atoms with Crippen molar-refractivity contribution in [2.75, 3.05) is 72.0 Å². The Morgan fingerprint density at radius 3 is 1.27 bits per heavy atom. The molecule has 0 spiro atoms. The van der Waals surface area contributed by atoms with Gasteiger partial charge in [0.1, 0.15) is 0 Å². The summed E-state index contributed by atoms with van der Waals surface area (Å²) in [4.78, 5) is 12.8. The van der Waals surface area contributed by atoms with Crippen LogP contribution in [0.1, 0.15) is 233 Å². The number of likely N-dealkylation sites (tertiary alicyclic amines) is 5. The first kappa shape index (κ1) is 64.6. The van der Waals surface area contributed by atoms with Crippen molar-refractivity contribution in [3.8, 4) is 0 Å². The molecule has 0 aliphatic carbocycles. The van der Waals surface area contributed by atoms with Crippen LogP contribution in [0.2, 0.25) is 0 Å². The highest BCUT2D eigenvalue weighted by Crippen LogP contribution is 2.37. The zero-order chi connectivity index (χ0) is 51.0. The molecule has 3 unspecified atom stereocenters. The van der Waals surface area contributed by atoms with E-state index in [1.807, 2.05) is 6.92 Å². The van der Waals surface area contributed by atoms with Crippen LogP contribution in [0.4, 0.5) is 8.78 Å². The van der Waals surface area contributed by atoms with Gasteiger partial charge in [-0.3, -0.25) is 0 Å². The summed E-state index contributed by atoms with van der Waals surface area (Å²) >= 11 is 0. The first-order chi connectivity index (χ1) is 31.2. The van der Waals surface area contributed by atoms with Crippen LogP contribution < -0.4 is 11.5 Å². The molecule has 5 heterocycles. The second kappa shape index (κ2) is 32.6. The average molecular weight is 955 g/mol. The Balaban J connectivity index is 0.000000420. The van der Waals surface area contributed by atoms with E-state index < -0.39 is 6.43 Å². The molecule has 4 atom stereocenters. The fourth-order valence-electron chi connectivity index (χ4n) is 11.4. The van der Waals surface area contributed by atoms with Crippen molar-refractivity contribution in [1.29, 1.82) is 0 Å². The number of hydrogen-bond donors (Lipinski definition) is 2. The van der Waals surface area contributed by atoms with Crippen LogP contribution in [0.15, 0.2) is 0 Å². The third-order valence-corrected chi connectivity index (χ3v) is 17.0.